The molecule has 0 bridgehead atoms. The van der Waals surface area contributed by atoms with Gasteiger partial charge >= 0.3 is 0 Å². The van der Waals surface area contributed by atoms with Gasteiger partial charge in [0, 0.05) is 4.88 Å². The number of halogens is 1. The lowest BCUT2D eigenvalue weighted by atomic mass is 10.4. The summed E-state index contributed by atoms with van der Waals surface area (Å²) >= 11 is 7.18. The summed E-state index contributed by atoms with van der Waals surface area (Å²) in [6.45, 7) is 5.57. The Morgan fingerprint density at radius 2 is 2.25 bits per heavy atom. The predicted octanol–water partition coefficient (Wildman–Crippen LogP) is 1.97. The summed E-state index contributed by atoms with van der Waals surface area (Å²) in [5.41, 5.74) is 1.03. The highest BCUT2D eigenvalue weighted by atomic mass is 35.5. The molecule has 0 saturated carbocycles. The number of carbonyl (C=O) groups excluding carboxylic acids is 1. The summed E-state index contributed by atoms with van der Waals surface area (Å²) in [5, 5.41) is 6.14. The molecular formula is C9H11ClN4OS. The molecule has 0 radical (unpaired) electrons. The van der Waals surface area contributed by atoms with E-state index in [4.69, 9.17) is 11.6 Å². The van der Waals surface area contributed by atoms with Crippen LogP contribution in [-0.4, -0.2) is 25.9 Å². The summed E-state index contributed by atoms with van der Waals surface area (Å²) in [6.07, 6.45) is 0. The zero-order valence-corrected chi connectivity index (χ0v) is 10.7. The van der Waals surface area contributed by atoms with Crippen LogP contribution in [0.1, 0.15) is 17.5 Å². The van der Waals surface area contributed by atoms with Crippen molar-refractivity contribution in [3.05, 3.63) is 10.6 Å². The van der Waals surface area contributed by atoms with Gasteiger partial charge in [-0.2, -0.15) is 4.98 Å². The van der Waals surface area contributed by atoms with Crippen LogP contribution in [0.4, 0.5) is 5.95 Å². The van der Waals surface area contributed by atoms with Gasteiger partial charge in [-0.15, -0.1) is 16.7 Å². The topological polar surface area (TPSA) is 59.3 Å². The molecule has 0 saturated heterocycles. The first-order valence-corrected chi connectivity index (χ1v) is 6.02. The molecule has 2 aromatic heterocycles. The van der Waals surface area contributed by atoms with E-state index in [1.165, 1.54) is 4.88 Å². The molecule has 7 heteroatoms. The maximum absolute atomic E-state index is 11.3. The minimum Gasteiger partial charge on any atom is -0.292 e. The number of aryl methyl sites for hydroxylation is 2. The number of hydrogen-bond acceptors (Lipinski definition) is 4. The van der Waals surface area contributed by atoms with E-state index in [0.717, 1.165) is 10.7 Å². The fourth-order valence-corrected chi connectivity index (χ4v) is 2.16. The second-order valence-electron chi connectivity index (χ2n) is 3.48. The molecule has 0 spiro atoms. The van der Waals surface area contributed by atoms with Crippen molar-refractivity contribution in [2.45, 2.75) is 26.1 Å². The molecule has 0 fully saturated rings. The highest BCUT2D eigenvalue weighted by Gasteiger charge is 2.14. The van der Waals surface area contributed by atoms with E-state index in [9.17, 15) is 4.79 Å². The fraction of sp³-hybridized carbons (Fsp3) is 0.444. The average Bonchev–Trinajstić information content (AvgIpc) is 2.68. The third-order valence-corrected chi connectivity index (χ3v) is 3.49. The molecule has 1 atom stereocenters. The number of aromatic nitrogens is 3. The Balaban J connectivity index is 2.31. The van der Waals surface area contributed by atoms with E-state index in [-0.39, 0.29) is 5.91 Å². The number of fused-ring (bicyclic) bond motifs is 1. The van der Waals surface area contributed by atoms with E-state index in [1.54, 1.807) is 22.8 Å². The first-order chi connectivity index (χ1) is 7.49. The van der Waals surface area contributed by atoms with Crippen molar-refractivity contribution >= 4 is 39.8 Å². The fourth-order valence-electron chi connectivity index (χ4n) is 1.20. The maximum atomic E-state index is 11.3. The van der Waals surface area contributed by atoms with Crippen molar-refractivity contribution in [1.29, 1.82) is 0 Å². The van der Waals surface area contributed by atoms with Crippen molar-refractivity contribution in [2.75, 3.05) is 5.32 Å². The second-order valence-corrected chi connectivity index (χ2v) is 5.31. The van der Waals surface area contributed by atoms with Gasteiger partial charge < -0.3 is 0 Å². The number of amides is 1. The second kappa shape index (κ2) is 4.03. The molecule has 2 heterocycles. The van der Waals surface area contributed by atoms with Gasteiger partial charge in [-0.3, -0.25) is 10.1 Å². The van der Waals surface area contributed by atoms with Gasteiger partial charge in [-0.25, -0.2) is 4.52 Å². The molecule has 1 unspecified atom stereocenters. The van der Waals surface area contributed by atoms with Crippen molar-refractivity contribution in [1.82, 2.24) is 14.6 Å². The molecule has 1 N–H and O–H groups in total. The highest BCUT2D eigenvalue weighted by molar-refractivity contribution is 7.17. The number of carbonyl (C=O) groups is 1. The number of anilines is 1. The number of thiazole rings is 1. The van der Waals surface area contributed by atoms with Gasteiger partial charge in [0.05, 0.1) is 5.69 Å². The lowest BCUT2D eigenvalue weighted by Gasteiger charge is -2.00. The summed E-state index contributed by atoms with van der Waals surface area (Å²) in [4.78, 5) is 17.5. The summed E-state index contributed by atoms with van der Waals surface area (Å²) in [5.74, 6) is 0.00106. The largest absolute Gasteiger partial charge is 0.292 e. The van der Waals surface area contributed by atoms with Crippen molar-refractivity contribution in [2.24, 2.45) is 0 Å². The number of hydrogen-bond donors (Lipinski definition) is 1. The van der Waals surface area contributed by atoms with Crippen LogP contribution in [0.25, 0.3) is 4.96 Å². The van der Waals surface area contributed by atoms with Crippen LogP contribution in [0.5, 0.6) is 0 Å². The Morgan fingerprint density at radius 3 is 2.81 bits per heavy atom. The molecule has 0 aliphatic carbocycles. The average molecular weight is 259 g/mol. The van der Waals surface area contributed by atoms with E-state index < -0.39 is 5.38 Å². The monoisotopic (exact) mass is 258 g/mol. The quantitative estimate of drug-likeness (QED) is 0.838. The van der Waals surface area contributed by atoms with Crippen LogP contribution < -0.4 is 5.32 Å². The van der Waals surface area contributed by atoms with E-state index in [0.29, 0.717) is 5.95 Å². The van der Waals surface area contributed by atoms with Crippen LogP contribution in [0.2, 0.25) is 0 Å². The van der Waals surface area contributed by atoms with Crippen LogP contribution >= 0.6 is 22.9 Å². The van der Waals surface area contributed by atoms with Gasteiger partial charge in [0.25, 0.3) is 0 Å². The van der Waals surface area contributed by atoms with Gasteiger partial charge in [-0.05, 0) is 20.8 Å². The smallest absolute Gasteiger partial charge is 0.250 e. The van der Waals surface area contributed by atoms with Crippen LogP contribution in [-0.2, 0) is 4.79 Å². The Bertz CT molecular complexity index is 545. The van der Waals surface area contributed by atoms with Crippen molar-refractivity contribution < 1.29 is 4.79 Å². The number of nitrogens with zero attached hydrogens (tertiary/aromatic N) is 3. The zero-order valence-electron chi connectivity index (χ0n) is 9.11. The molecule has 0 aliphatic rings. The van der Waals surface area contributed by atoms with Crippen LogP contribution in [0.3, 0.4) is 0 Å². The summed E-state index contributed by atoms with van der Waals surface area (Å²) in [7, 11) is 0. The molecule has 0 aliphatic heterocycles. The Morgan fingerprint density at radius 1 is 1.56 bits per heavy atom. The van der Waals surface area contributed by atoms with Crippen molar-refractivity contribution in [3.8, 4) is 0 Å². The van der Waals surface area contributed by atoms with Gasteiger partial charge in [0.1, 0.15) is 5.38 Å². The third kappa shape index (κ3) is 1.90. The molecule has 2 aromatic rings. The molecule has 5 nitrogen and oxygen atoms in total. The molecule has 2 rings (SSSR count). The highest BCUT2D eigenvalue weighted by Crippen LogP contribution is 2.21. The molecule has 1 amide bonds. The van der Waals surface area contributed by atoms with Gasteiger partial charge in [0.15, 0.2) is 0 Å². The van der Waals surface area contributed by atoms with Crippen molar-refractivity contribution in [3.63, 3.8) is 0 Å². The number of rotatable bonds is 2. The first kappa shape index (κ1) is 11.3. The van der Waals surface area contributed by atoms with Gasteiger partial charge in [0.2, 0.25) is 16.8 Å². The number of alkyl halides is 1. The minimum absolute atomic E-state index is 0.297. The summed E-state index contributed by atoms with van der Waals surface area (Å²) < 4.78 is 1.72. The standard InChI is InChI=1S/C9H11ClN4OS/c1-4(10)7(15)11-8-12-9-14(13-8)5(2)6(3)16-9/h4H,1-3H3,(H,11,13,15). The molecule has 16 heavy (non-hydrogen) atoms. The Kier molecular flexibility index (Phi) is 2.86. The molecule has 0 aromatic carbocycles. The lowest BCUT2D eigenvalue weighted by Crippen LogP contribution is -2.21. The van der Waals surface area contributed by atoms with Crippen LogP contribution in [0.15, 0.2) is 0 Å². The third-order valence-electron chi connectivity index (χ3n) is 2.25. The molecular weight excluding hydrogens is 248 g/mol. The molecule has 86 valence electrons. The normalized spacial score (nSPS) is 13.0. The van der Waals surface area contributed by atoms with E-state index in [2.05, 4.69) is 15.4 Å². The van der Waals surface area contributed by atoms with Gasteiger partial charge in [-0.1, -0.05) is 11.3 Å². The van der Waals surface area contributed by atoms with E-state index >= 15 is 0 Å². The maximum Gasteiger partial charge on any atom is 0.250 e. The Labute approximate surface area is 101 Å². The minimum atomic E-state index is -0.593. The SMILES string of the molecule is Cc1sc2nc(NC(=O)C(C)Cl)nn2c1C. The first-order valence-electron chi connectivity index (χ1n) is 4.76. The zero-order chi connectivity index (χ0) is 11.9. The number of nitrogens with one attached hydrogen (secondary N) is 1. The summed E-state index contributed by atoms with van der Waals surface area (Å²) in [6, 6.07) is 0. The van der Waals surface area contributed by atoms with E-state index in [1.807, 2.05) is 13.8 Å². The lowest BCUT2D eigenvalue weighted by molar-refractivity contribution is -0.115. The van der Waals surface area contributed by atoms with Crippen LogP contribution in [0, 0.1) is 13.8 Å². The predicted molar refractivity (Wildman–Crippen MR) is 64.3 cm³/mol. The Hall–Kier alpha value is -1.14.